The van der Waals surface area contributed by atoms with Gasteiger partial charge in [-0.25, -0.2) is 0 Å². The van der Waals surface area contributed by atoms with Gasteiger partial charge in [0.2, 0.25) is 0 Å². The molecule has 0 aromatic carbocycles. The van der Waals surface area contributed by atoms with Crippen LogP contribution in [0.2, 0.25) is 0 Å². The number of aliphatic hydroxyl groups is 1. The van der Waals surface area contributed by atoms with Crippen LogP contribution in [0, 0.1) is 5.41 Å². The van der Waals surface area contributed by atoms with Gasteiger partial charge in [0.25, 0.3) is 0 Å². The fourth-order valence-electron chi connectivity index (χ4n) is 4.10. The van der Waals surface area contributed by atoms with Crippen molar-refractivity contribution in [3.63, 3.8) is 0 Å². The SMILES string of the molecule is CCSC1CCCC1n1ccc2c1CC(C)(C)CC2O. The van der Waals surface area contributed by atoms with Crippen LogP contribution in [0.1, 0.15) is 69.9 Å². The van der Waals surface area contributed by atoms with E-state index in [-0.39, 0.29) is 11.5 Å². The molecule has 20 heavy (non-hydrogen) atoms. The molecule has 2 nitrogen and oxygen atoms in total. The molecule has 1 saturated carbocycles. The Morgan fingerprint density at radius 1 is 1.40 bits per heavy atom. The number of thioether (sulfide) groups is 1. The van der Waals surface area contributed by atoms with Crippen LogP contribution in [0.5, 0.6) is 0 Å². The normalized spacial score (nSPS) is 32.3. The predicted octanol–water partition coefficient (Wildman–Crippen LogP) is 4.34. The Morgan fingerprint density at radius 2 is 2.20 bits per heavy atom. The molecule has 0 aliphatic heterocycles. The second-order valence-corrected chi connectivity index (χ2v) is 8.69. The van der Waals surface area contributed by atoms with Crippen molar-refractivity contribution in [3.05, 3.63) is 23.5 Å². The molecule has 0 bridgehead atoms. The minimum atomic E-state index is -0.270. The van der Waals surface area contributed by atoms with Gasteiger partial charge in [0, 0.05) is 28.7 Å². The molecule has 1 aromatic heterocycles. The number of aromatic nitrogens is 1. The molecule has 0 spiro atoms. The van der Waals surface area contributed by atoms with Crippen LogP contribution in [0.3, 0.4) is 0 Å². The van der Waals surface area contributed by atoms with Gasteiger partial charge < -0.3 is 9.67 Å². The lowest BCUT2D eigenvalue weighted by atomic mass is 9.75. The first kappa shape index (κ1) is 14.5. The van der Waals surface area contributed by atoms with E-state index >= 15 is 0 Å². The van der Waals surface area contributed by atoms with Crippen molar-refractivity contribution in [1.29, 1.82) is 0 Å². The smallest absolute Gasteiger partial charge is 0.0812 e. The Labute approximate surface area is 127 Å². The first-order valence-electron chi connectivity index (χ1n) is 8.01. The molecule has 3 unspecified atom stereocenters. The van der Waals surface area contributed by atoms with Crippen molar-refractivity contribution in [2.75, 3.05) is 5.75 Å². The fraction of sp³-hybridized carbons (Fsp3) is 0.765. The summed E-state index contributed by atoms with van der Waals surface area (Å²) in [5.41, 5.74) is 2.81. The van der Waals surface area contributed by atoms with E-state index < -0.39 is 0 Å². The highest BCUT2D eigenvalue weighted by Gasteiger charge is 2.36. The Bertz CT molecular complexity index is 479. The van der Waals surface area contributed by atoms with Gasteiger partial charge in [0.1, 0.15) is 0 Å². The first-order chi connectivity index (χ1) is 9.52. The largest absolute Gasteiger partial charge is 0.388 e. The molecule has 1 N–H and O–H groups in total. The summed E-state index contributed by atoms with van der Waals surface area (Å²) >= 11 is 2.11. The minimum absolute atomic E-state index is 0.217. The molecule has 3 heteroatoms. The molecule has 2 aliphatic rings. The standard InChI is InChI=1S/C17H27NOS/c1-4-20-16-7-5-6-13(16)18-9-8-12-14(18)10-17(2,3)11-15(12)19/h8-9,13,15-16,19H,4-7,10-11H2,1-3H3. The summed E-state index contributed by atoms with van der Waals surface area (Å²) in [6.07, 6.45) is 7.97. The molecule has 0 radical (unpaired) electrons. The lowest BCUT2D eigenvalue weighted by Gasteiger charge is -2.35. The second kappa shape index (κ2) is 5.42. The Morgan fingerprint density at radius 3 is 2.95 bits per heavy atom. The molecule has 1 aromatic rings. The summed E-state index contributed by atoms with van der Waals surface area (Å²) < 4.78 is 2.51. The zero-order chi connectivity index (χ0) is 14.3. The monoisotopic (exact) mass is 293 g/mol. The maximum Gasteiger partial charge on any atom is 0.0812 e. The third kappa shape index (κ3) is 2.55. The van der Waals surface area contributed by atoms with Crippen molar-refractivity contribution in [2.45, 2.75) is 70.3 Å². The summed E-state index contributed by atoms with van der Waals surface area (Å²) in [6, 6.07) is 2.81. The fourth-order valence-corrected chi connectivity index (χ4v) is 5.35. The van der Waals surface area contributed by atoms with E-state index in [1.165, 1.54) is 36.3 Å². The van der Waals surface area contributed by atoms with Crippen molar-refractivity contribution in [2.24, 2.45) is 5.41 Å². The quantitative estimate of drug-likeness (QED) is 0.896. The van der Waals surface area contributed by atoms with Gasteiger partial charge in [0.15, 0.2) is 0 Å². The summed E-state index contributed by atoms with van der Waals surface area (Å²) in [4.78, 5) is 0. The number of fused-ring (bicyclic) bond motifs is 1. The summed E-state index contributed by atoms with van der Waals surface area (Å²) in [6.45, 7) is 6.82. The van der Waals surface area contributed by atoms with Crippen LogP contribution >= 0.6 is 11.8 Å². The lowest BCUT2D eigenvalue weighted by molar-refractivity contribution is 0.0975. The van der Waals surface area contributed by atoms with E-state index in [0.717, 1.165) is 18.1 Å². The van der Waals surface area contributed by atoms with E-state index in [0.29, 0.717) is 6.04 Å². The number of aliphatic hydroxyl groups excluding tert-OH is 1. The third-order valence-corrected chi connectivity index (χ3v) is 6.28. The van der Waals surface area contributed by atoms with Crippen LogP contribution < -0.4 is 0 Å². The maximum atomic E-state index is 10.4. The second-order valence-electron chi connectivity index (χ2n) is 7.18. The third-order valence-electron chi connectivity index (χ3n) is 4.97. The van der Waals surface area contributed by atoms with E-state index in [2.05, 4.69) is 49.4 Å². The van der Waals surface area contributed by atoms with Gasteiger partial charge >= 0.3 is 0 Å². The summed E-state index contributed by atoms with van der Waals surface area (Å²) in [5, 5.41) is 11.2. The molecule has 0 saturated heterocycles. The van der Waals surface area contributed by atoms with Crippen LogP contribution in [-0.2, 0) is 6.42 Å². The molecule has 1 fully saturated rings. The minimum Gasteiger partial charge on any atom is -0.388 e. The highest BCUT2D eigenvalue weighted by molar-refractivity contribution is 7.99. The maximum absolute atomic E-state index is 10.4. The number of rotatable bonds is 3. The van der Waals surface area contributed by atoms with Gasteiger partial charge in [-0.3, -0.25) is 0 Å². The lowest BCUT2D eigenvalue weighted by Crippen LogP contribution is -2.28. The van der Waals surface area contributed by atoms with Crippen molar-refractivity contribution in [3.8, 4) is 0 Å². The highest BCUT2D eigenvalue weighted by Crippen LogP contribution is 2.45. The predicted molar refractivity (Wildman–Crippen MR) is 86.3 cm³/mol. The summed E-state index contributed by atoms with van der Waals surface area (Å²) in [7, 11) is 0. The van der Waals surface area contributed by atoms with Gasteiger partial charge in [-0.15, -0.1) is 0 Å². The number of hydrogen-bond acceptors (Lipinski definition) is 2. The molecular weight excluding hydrogens is 266 g/mol. The van der Waals surface area contributed by atoms with Crippen molar-refractivity contribution in [1.82, 2.24) is 4.57 Å². The molecule has 0 amide bonds. The molecule has 2 aliphatic carbocycles. The van der Waals surface area contributed by atoms with Crippen molar-refractivity contribution < 1.29 is 5.11 Å². The van der Waals surface area contributed by atoms with Crippen LogP contribution in [0.15, 0.2) is 12.3 Å². The highest BCUT2D eigenvalue weighted by atomic mass is 32.2. The van der Waals surface area contributed by atoms with Crippen LogP contribution in [0.25, 0.3) is 0 Å². The number of hydrogen-bond donors (Lipinski definition) is 1. The van der Waals surface area contributed by atoms with Crippen molar-refractivity contribution >= 4 is 11.8 Å². The van der Waals surface area contributed by atoms with Crippen LogP contribution in [0.4, 0.5) is 0 Å². The first-order valence-corrected chi connectivity index (χ1v) is 9.06. The Hall–Kier alpha value is -0.410. The zero-order valence-electron chi connectivity index (χ0n) is 12.9. The zero-order valence-corrected chi connectivity index (χ0v) is 13.7. The molecule has 1 heterocycles. The molecule has 3 rings (SSSR count). The van der Waals surface area contributed by atoms with E-state index in [1.807, 2.05) is 0 Å². The Balaban J connectivity index is 1.92. The summed E-state index contributed by atoms with van der Waals surface area (Å²) in [5.74, 6) is 1.21. The number of nitrogens with zero attached hydrogens (tertiary/aromatic N) is 1. The molecular formula is C17H27NOS. The molecule has 3 atom stereocenters. The van der Waals surface area contributed by atoms with E-state index in [4.69, 9.17) is 0 Å². The van der Waals surface area contributed by atoms with Crippen LogP contribution in [-0.4, -0.2) is 20.7 Å². The average molecular weight is 293 g/mol. The van der Waals surface area contributed by atoms with Gasteiger partial charge in [-0.05, 0) is 42.9 Å². The van der Waals surface area contributed by atoms with Gasteiger partial charge in [-0.2, -0.15) is 11.8 Å². The van der Waals surface area contributed by atoms with Gasteiger partial charge in [0.05, 0.1) is 6.10 Å². The van der Waals surface area contributed by atoms with E-state index in [9.17, 15) is 5.11 Å². The van der Waals surface area contributed by atoms with E-state index in [1.54, 1.807) is 0 Å². The average Bonchev–Trinajstić information content (AvgIpc) is 2.94. The topological polar surface area (TPSA) is 25.2 Å². The van der Waals surface area contributed by atoms with Gasteiger partial charge in [-0.1, -0.05) is 27.2 Å². The molecule has 112 valence electrons. The Kier molecular flexibility index (Phi) is 3.93.